The monoisotopic (exact) mass is 523 g/mol. The Labute approximate surface area is 144 Å². The van der Waals surface area contributed by atoms with E-state index in [4.69, 9.17) is 39.2 Å². The van der Waals surface area contributed by atoms with Crippen molar-refractivity contribution in [3.8, 4) is 0 Å². The fourth-order valence-electron chi connectivity index (χ4n) is 0.841. The molecule has 0 aromatic heterocycles. The zero-order valence-electron chi connectivity index (χ0n) is 13.5. The van der Waals surface area contributed by atoms with Crippen LogP contribution in [0.2, 0.25) is 0 Å². The number of carboxylic acids is 2. The summed E-state index contributed by atoms with van der Waals surface area (Å²) >= 11 is -0.417. The number of hydrogen-bond acceptors (Lipinski definition) is 8. The van der Waals surface area contributed by atoms with Crippen LogP contribution in [0.4, 0.5) is 0 Å². The second kappa shape index (κ2) is 12.8. The Kier molecular flexibility index (Phi) is 15.1. The number of carbonyl (C=O) groups is 2. The van der Waals surface area contributed by atoms with E-state index in [-0.39, 0.29) is 13.2 Å². The molecule has 0 saturated heterocycles. The molecule has 0 bridgehead atoms. The van der Waals surface area contributed by atoms with E-state index in [1.54, 1.807) is 0 Å². The van der Waals surface area contributed by atoms with Gasteiger partial charge in [-0.3, -0.25) is 0 Å². The van der Waals surface area contributed by atoms with Gasteiger partial charge >= 0.3 is 39.6 Å². The number of aliphatic hydroxyl groups is 4. The molecule has 0 unspecified atom stereocenters. The van der Waals surface area contributed by atoms with Crippen LogP contribution >= 0.6 is 0 Å². The van der Waals surface area contributed by atoms with Gasteiger partial charge in [0.15, 0.2) is 12.2 Å². The maximum absolute atomic E-state index is 10.1. The molecule has 11 heteroatoms. The molecule has 0 aliphatic heterocycles. The molecule has 0 aliphatic carbocycles. The molecule has 0 amide bonds. The summed E-state index contributed by atoms with van der Waals surface area (Å²) < 4.78 is 9.47. The number of aliphatic hydroxyl groups excluding tert-OH is 4. The van der Waals surface area contributed by atoms with Gasteiger partial charge in [0.25, 0.3) is 0 Å². The number of nitrogens with two attached hydrogens (primary N) is 2. The zero-order valence-corrected chi connectivity index (χ0v) is 15.8. The first-order valence-electron chi connectivity index (χ1n) is 6.23. The summed E-state index contributed by atoms with van der Waals surface area (Å²) in [5, 5.41) is 51.5. The second-order valence-corrected chi connectivity index (χ2v) is 6.64. The molecule has 0 aromatic carbocycles. The molecular formula is C12H28N2O8Pt. The van der Waals surface area contributed by atoms with Crippen LogP contribution in [0.25, 0.3) is 0 Å². The van der Waals surface area contributed by atoms with Crippen LogP contribution in [0.1, 0.15) is 27.7 Å². The molecule has 0 saturated carbocycles. The van der Waals surface area contributed by atoms with Crippen LogP contribution in [-0.4, -0.2) is 68.0 Å². The third-order valence-corrected chi connectivity index (χ3v) is 2.76. The summed E-state index contributed by atoms with van der Waals surface area (Å²) in [5.74, 6) is -2.61. The fourth-order valence-corrected chi connectivity index (χ4v) is 0.841. The Morgan fingerprint density at radius 1 is 0.870 bits per heavy atom. The Morgan fingerprint density at radius 3 is 1.09 bits per heavy atom. The predicted octanol–water partition coefficient (Wildman–Crippen LogP) is -2.28. The maximum atomic E-state index is 10.1. The number of carboxylic acid groups (broad SMARTS) is 2. The Hall–Kier alpha value is -0.612. The van der Waals surface area contributed by atoms with E-state index in [9.17, 15) is 9.59 Å². The molecule has 0 aromatic rings. The van der Waals surface area contributed by atoms with Gasteiger partial charge in [-0.25, -0.2) is 9.59 Å². The van der Waals surface area contributed by atoms with Gasteiger partial charge in [0.2, 0.25) is 0 Å². The van der Waals surface area contributed by atoms with Gasteiger partial charge in [0.1, 0.15) is 0 Å². The molecule has 10 nitrogen and oxygen atoms in total. The molecule has 2 atom stereocenters. The zero-order chi connectivity index (χ0) is 19.4. The molecule has 0 radical (unpaired) electrons. The molecule has 0 heterocycles. The van der Waals surface area contributed by atoms with Crippen molar-refractivity contribution in [1.82, 2.24) is 0 Å². The molecule has 0 aliphatic rings. The van der Waals surface area contributed by atoms with Gasteiger partial charge in [-0.05, 0) is 0 Å². The van der Waals surface area contributed by atoms with E-state index in [0.717, 1.165) is 0 Å². The van der Waals surface area contributed by atoms with Crippen molar-refractivity contribution in [1.29, 1.82) is 0 Å². The minimum absolute atomic E-state index is 0.347. The number of rotatable bonds is 6. The molecule has 23 heavy (non-hydrogen) atoms. The Balaban J connectivity index is -0.000000297. The average molecular weight is 523 g/mol. The first-order chi connectivity index (χ1) is 10.2. The average Bonchev–Trinajstić information content (AvgIpc) is 2.46. The Bertz CT molecular complexity index is 320. The van der Waals surface area contributed by atoms with Crippen LogP contribution in [0.3, 0.4) is 0 Å². The third kappa shape index (κ3) is 12.5. The van der Waals surface area contributed by atoms with E-state index < -0.39 is 54.0 Å². The van der Waals surface area contributed by atoms with Crippen molar-refractivity contribution < 1.29 is 59.3 Å². The summed E-state index contributed by atoms with van der Waals surface area (Å²) in [6, 6.07) is 0. The van der Waals surface area contributed by atoms with Crippen molar-refractivity contribution >= 4 is 11.9 Å². The van der Waals surface area contributed by atoms with Crippen LogP contribution in [0.15, 0.2) is 0 Å². The van der Waals surface area contributed by atoms with E-state index in [2.05, 4.69) is 0 Å². The van der Waals surface area contributed by atoms with Gasteiger partial charge in [-0.15, -0.1) is 0 Å². The van der Waals surface area contributed by atoms with Crippen LogP contribution in [0, 0.1) is 10.8 Å². The minimum atomic E-state index is -1.50. The summed E-state index contributed by atoms with van der Waals surface area (Å²) in [4.78, 5) is 20.3. The van der Waals surface area contributed by atoms with Crippen molar-refractivity contribution in [3.63, 3.8) is 0 Å². The van der Waals surface area contributed by atoms with Crippen LogP contribution < -0.4 is 8.58 Å². The molecule has 0 rings (SSSR count). The van der Waals surface area contributed by atoms with Crippen molar-refractivity contribution in [2.75, 3.05) is 13.2 Å². The molecule has 0 spiro atoms. The summed E-state index contributed by atoms with van der Waals surface area (Å²) in [6.45, 7) is 5.22. The Morgan fingerprint density at radius 2 is 1.04 bits per heavy atom. The molecule has 144 valence electrons. The van der Waals surface area contributed by atoms with Crippen molar-refractivity contribution in [3.05, 3.63) is 0 Å². The SMILES string of the molecule is CC(C)(CO)[C@@H](O)C(=O)O.CC(C)(CO)[C@@H](O)C(=O)O.[NH2][Pt][NH2]. The van der Waals surface area contributed by atoms with Gasteiger partial charge in [0, 0.05) is 10.8 Å². The standard InChI is InChI=1S/2C6H12O4.2H2N.Pt/c2*1-6(2,3-7)4(8)5(9)10;;;/h2*4,7-8H,3H2,1-2H3,(H,9,10);2*1H2;/q;;2*-1;+2/t2*4-;;;/m00.../s1. The van der Waals surface area contributed by atoms with E-state index in [0.29, 0.717) is 0 Å². The van der Waals surface area contributed by atoms with Gasteiger partial charge in [-0.2, -0.15) is 0 Å². The summed E-state index contributed by atoms with van der Waals surface area (Å²) in [7, 11) is 0. The van der Waals surface area contributed by atoms with E-state index >= 15 is 0 Å². The molecule has 0 fully saturated rings. The fraction of sp³-hybridized carbons (Fsp3) is 0.833. The first kappa shape index (κ1) is 27.2. The number of aliphatic carboxylic acids is 2. The van der Waals surface area contributed by atoms with Crippen molar-refractivity contribution in [2.24, 2.45) is 19.4 Å². The molecule has 10 N–H and O–H groups in total. The second-order valence-electron chi connectivity index (χ2n) is 5.88. The summed E-state index contributed by atoms with van der Waals surface area (Å²) in [6.07, 6.45) is -3.00. The normalized spacial score (nSPS) is 13.8. The van der Waals surface area contributed by atoms with Crippen LogP contribution in [0.5, 0.6) is 0 Å². The van der Waals surface area contributed by atoms with Gasteiger partial charge in [0.05, 0.1) is 13.2 Å². The van der Waals surface area contributed by atoms with E-state index in [1.807, 2.05) is 0 Å². The number of hydrogen-bond donors (Lipinski definition) is 8. The first-order valence-corrected chi connectivity index (χ1v) is 8.85. The molecular weight excluding hydrogens is 495 g/mol. The van der Waals surface area contributed by atoms with Gasteiger partial charge in [-0.1, -0.05) is 27.7 Å². The van der Waals surface area contributed by atoms with Gasteiger partial charge < -0.3 is 30.6 Å². The summed E-state index contributed by atoms with van der Waals surface area (Å²) in [5.41, 5.74) is -1.93. The quantitative estimate of drug-likeness (QED) is 0.187. The van der Waals surface area contributed by atoms with Crippen LogP contribution in [-0.2, 0) is 28.7 Å². The van der Waals surface area contributed by atoms with Crippen molar-refractivity contribution in [2.45, 2.75) is 39.9 Å². The van der Waals surface area contributed by atoms with E-state index in [1.165, 1.54) is 27.7 Å². The topological polar surface area (TPSA) is 208 Å². The third-order valence-electron chi connectivity index (χ3n) is 2.76. The predicted molar refractivity (Wildman–Crippen MR) is 77.4 cm³/mol.